The maximum absolute atomic E-state index is 12.9. The summed E-state index contributed by atoms with van der Waals surface area (Å²) in [5, 5.41) is 9.32. The zero-order valence-corrected chi connectivity index (χ0v) is 18.2. The molecule has 5 rings (SSSR count). The van der Waals surface area contributed by atoms with Gasteiger partial charge in [-0.1, -0.05) is 12.1 Å². The lowest BCUT2D eigenvalue weighted by atomic mass is 9.94. The van der Waals surface area contributed by atoms with Gasteiger partial charge in [0.05, 0.1) is 23.0 Å². The molecule has 31 heavy (non-hydrogen) atoms. The number of hydrogen-bond acceptors (Lipinski definition) is 5. The monoisotopic (exact) mass is 417 g/mol. The largest absolute Gasteiger partial charge is 0.453 e. The molecule has 6 heteroatoms. The predicted octanol–water partition coefficient (Wildman–Crippen LogP) is 5.73. The van der Waals surface area contributed by atoms with Gasteiger partial charge in [-0.25, -0.2) is 4.79 Å². The van der Waals surface area contributed by atoms with Crippen molar-refractivity contribution in [1.29, 1.82) is 5.26 Å². The third-order valence-corrected chi connectivity index (χ3v) is 6.37. The van der Waals surface area contributed by atoms with Crippen molar-refractivity contribution in [2.75, 3.05) is 4.90 Å². The molecule has 3 aliphatic heterocycles. The molecular formula is C25H27N3O3. The number of nitrogens with zero attached hydrogens (tertiary/aromatic N) is 3. The number of carbonyl (C=O) groups is 1. The second-order valence-corrected chi connectivity index (χ2v) is 9.63. The molecule has 0 aromatic heterocycles. The molecule has 6 nitrogen and oxygen atoms in total. The van der Waals surface area contributed by atoms with Crippen molar-refractivity contribution in [3.05, 3.63) is 48.0 Å². The fourth-order valence-electron chi connectivity index (χ4n) is 5.22. The van der Waals surface area contributed by atoms with E-state index in [0.717, 1.165) is 42.8 Å². The van der Waals surface area contributed by atoms with E-state index in [1.807, 2.05) is 62.1 Å². The number of amides is 1. The lowest BCUT2D eigenvalue weighted by molar-refractivity contribution is 0.00613. The van der Waals surface area contributed by atoms with Crippen molar-refractivity contribution in [2.24, 2.45) is 0 Å². The van der Waals surface area contributed by atoms with Gasteiger partial charge in [0, 0.05) is 24.2 Å². The minimum atomic E-state index is -0.492. The van der Waals surface area contributed by atoms with E-state index in [1.165, 1.54) is 0 Å². The van der Waals surface area contributed by atoms with Gasteiger partial charge >= 0.3 is 6.09 Å². The molecular weight excluding hydrogens is 390 g/mol. The van der Waals surface area contributed by atoms with E-state index in [-0.39, 0.29) is 24.2 Å². The Morgan fingerprint density at radius 2 is 1.71 bits per heavy atom. The molecule has 2 aromatic rings. The van der Waals surface area contributed by atoms with E-state index in [2.05, 4.69) is 17.0 Å². The Kier molecular flexibility index (Phi) is 4.58. The van der Waals surface area contributed by atoms with Crippen LogP contribution in [0.1, 0.15) is 52.0 Å². The highest BCUT2D eigenvalue weighted by Gasteiger charge is 2.47. The Balaban J connectivity index is 1.47. The average molecular weight is 418 g/mol. The van der Waals surface area contributed by atoms with Crippen LogP contribution >= 0.6 is 0 Å². The third-order valence-electron chi connectivity index (χ3n) is 6.37. The molecule has 2 fully saturated rings. The Bertz CT molecular complexity index is 1050. The van der Waals surface area contributed by atoms with E-state index < -0.39 is 5.60 Å². The van der Waals surface area contributed by atoms with Crippen molar-refractivity contribution < 1.29 is 14.3 Å². The zero-order valence-electron chi connectivity index (χ0n) is 18.2. The summed E-state index contributed by atoms with van der Waals surface area (Å²) in [5.41, 5.74) is 2.11. The van der Waals surface area contributed by atoms with Gasteiger partial charge in [-0.15, -0.1) is 0 Å². The summed E-state index contributed by atoms with van der Waals surface area (Å²) in [6.07, 6.45) is 3.58. The number of hydrogen-bond donors (Lipinski definition) is 0. The maximum Gasteiger partial charge on any atom is 0.410 e. The van der Waals surface area contributed by atoms with Crippen LogP contribution in [0.4, 0.5) is 16.2 Å². The molecule has 2 bridgehead atoms. The molecule has 0 aliphatic carbocycles. The lowest BCUT2D eigenvalue weighted by Gasteiger charge is -2.45. The number of ether oxygens (including phenoxy) is 2. The summed E-state index contributed by atoms with van der Waals surface area (Å²) in [7, 11) is 0. The molecule has 0 radical (unpaired) electrons. The van der Waals surface area contributed by atoms with E-state index in [1.54, 1.807) is 0 Å². The van der Waals surface area contributed by atoms with Crippen LogP contribution in [0.3, 0.4) is 0 Å². The quantitative estimate of drug-likeness (QED) is 0.593. The number of rotatable bonds is 1. The highest BCUT2D eigenvalue weighted by atomic mass is 16.6. The number of anilines is 2. The first-order valence-electron chi connectivity index (χ1n) is 11.0. The van der Waals surface area contributed by atoms with E-state index >= 15 is 0 Å². The van der Waals surface area contributed by atoms with Gasteiger partial charge in [0.15, 0.2) is 11.5 Å². The first-order valence-corrected chi connectivity index (χ1v) is 11.0. The topological polar surface area (TPSA) is 65.8 Å². The van der Waals surface area contributed by atoms with Crippen LogP contribution in [-0.2, 0) is 4.74 Å². The van der Waals surface area contributed by atoms with Gasteiger partial charge in [0.25, 0.3) is 0 Å². The molecule has 0 N–H and O–H groups in total. The molecule has 1 amide bonds. The Hall–Kier alpha value is -3.20. The summed E-state index contributed by atoms with van der Waals surface area (Å²) < 4.78 is 11.8. The van der Waals surface area contributed by atoms with Crippen LogP contribution in [0.5, 0.6) is 11.5 Å². The highest BCUT2D eigenvalue weighted by Crippen LogP contribution is 2.51. The highest BCUT2D eigenvalue weighted by molar-refractivity contribution is 5.79. The Morgan fingerprint density at radius 1 is 1.03 bits per heavy atom. The summed E-state index contributed by atoms with van der Waals surface area (Å²) in [6.45, 7) is 5.74. The van der Waals surface area contributed by atoms with Crippen LogP contribution in [0.15, 0.2) is 42.5 Å². The van der Waals surface area contributed by atoms with E-state index in [0.29, 0.717) is 11.3 Å². The Labute approximate surface area is 183 Å². The molecule has 0 unspecified atom stereocenters. The van der Waals surface area contributed by atoms with Crippen LogP contribution in [0, 0.1) is 11.3 Å². The van der Waals surface area contributed by atoms with E-state index in [9.17, 15) is 10.1 Å². The third kappa shape index (κ3) is 3.48. The molecule has 2 aromatic carbocycles. The van der Waals surface area contributed by atoms with Gasteiger partial charge < -0.3 is 19.3 Å². The van der Waals surface area contributed by atoms with Crippen molar-refractivity contribution in [2.45, 2.75) is 70.2 Å². The number of para-hydroxylation sites is 2. The number of nitriles is 1. The maximum atomic E-state index is 12.9. The second kappa shape index (κ2) is 7.19. The Morgan fingerprint density at radius 3 is 2.39 bits per heavy atom. The van der Waals surface area contributed by atoms with Crippen LogP contribution in [0.2, 0.25) is 0 Å². The summed E-state index contributed by atoms with van der Waals surface area (Å²) in [4.78, 5) is 17.2. The van der Waals surface area contributed by atoms with Gasteiger partial charge in [-0.3, -0.25) is 0 Å². The van der Waals surface area contributed by atoms with Crippen molar-refractivity contribution in [1.82, 2.24) is 4.90 Å². The normalized spacial score (nSPS) is 24.0. The zero-order chi connectivity index (χ0) is 21.8. The average Bonchev–Trinajstić information content (AvgIpc) is 3.00. The summed E-state index contributed by atoms with van der Waals surface area (Å²) in [5.74, 6) is 1.51. The van der Waals surface area contributed by atoms with E-state index in [4.69, 9.17) is 9.47 Å². The van der Waals surface area contributed by atoms with Gasteiger partial charge in [-0.2, -0.15) is 5.26 Å². The standard InChI is InChI=1S/C25H27N3O3/c1-25(2,3)31-24(29)27-17-9-10-18(27)14-19(13-17)28-20-6-4-5-7-22(20)30-23-12-16(15-26)8-11-21(23)28/h4-8,11-12,17-19H,9-10,13-14H2,1-3H3/t17-,18+,19+. The van der Waals surface area contributed by atoms with Crippen molar-refractivity contribution >= 4 is 17.5 Å². The predicted molar refractivity (Wildman–Crippen MR) is 118 cm³/mol. The molecule has 3 aliphatic rings. The lowest BCUT2D eigenvalue weighted by Crippen LogP contribution is -2.53. The van der Waals surface area contributed by atoms with Gasteiger partial charge in [0.1, 0.15) is 5.60 Å². The minimum absolute atomic E-state index is 0.176. The number of benzene rings is 2. The molecule has 3 atom stereocenters. The fraction of sp³-hybridized carbons (Fsp3) is 0.440. The van der Waals surface area contributed by atoms with Gasteiger partial charge in [-0.05, 0) is 70.7 Å². The summed E-state index contributed by atoms with van der Waals surface area (Å²) in [6, 6.07) is 16.5. The van der Waals surface area contributed by atoms with Crippen molar-refractivity contribution in [3.63, 3.8) is 0 Å². The molecule has 160 valence electrons. The van der Waals surface area contributed by atoms with Crippen molar-refractivity contribution in [3.8, 4) is 17.6 Å². The van der Waals surface area contributed by atoms with Crippen LogP contribution in [-0.4, -0.2) is 34.7 Å². The van der Waals surface area contributed by atoms with Crippen LogP contribution in [0.25, 0.3) is 0 Å². The number of carbonyl (C=O) groups excluding carboxylic acids is 1. The summed E-state index contributed by atoms with van der Waals surface area (Å²) >= 11 is 0. The first-order chi connectivity index (χ1) is 14.8. The second-order valence-electron chi connectivity index (χ2n) is 9.63. The van der Waals surface area contributed by atoms with Crippen LogP contribution < -0.4 is 9.64 Å². The number of piperidine rings is 1. The smallest absolute Gasteiger partial charge is 0.410 e. The SMILES string of the molecule is CC(C)(C)OC(=O)N1[C@@H]2CC[C@H]1C[C@@H](N1c3ccccc3Oc3cc(C#N)ccc31)C2. The molecule has 3 heterocycles. The fourth-order valence-corrected chi connectivity index (χ4v) is 5.22. The molecule has 0 spiro atoms. The minimum Gasteiger partial charge on any atom is -0.453 e. The number of fused-ring (bicyclic) bond motifs is 4. The molecule has 2 saturated heterocycles. The molecule has 0 saturated carbocycles. The first kappa shape index (κ1) is 19.7. The van der Waals surface area contributed by atoms with Gasteiger partial charge in [0.2, 0.25) is 0 Å².